The summed E-state index contributed by atoms with van der Waals surface area (Å²) in [5.41, 5.74) is 2.27. The van der Waals surface area contributed by atoms with Gasteiger partial charge in [-0.05, 0) is 30.5 Å². The van der Waals surface area contributed by atoms with Gasteiger partial charge < -0.3 is 4.52 Å². The fraction of sp³-hybridized carbons (Fsp3) is 0.333. The minimum Gasteiger partial charge on any atom is -0.334 e. The van der Waals surface area contributed by atoms with E-state index in [-0.39, 0.29) is 0 Å². The van der Waals surface area contributed by atoms with Gasteiger partial charge in [-0.25, -0.2) is 0 Å². The fourth-order valence-electron chi connectivity index (χ4n) is 1.45. The molecule has 3 heteroatoms. The summed E-state index contributed by atoms with van der Waals surface area (Å²) in [6, 6.07) is 8.21. The summed E-state index contributed by atoms with van der Waals surface area (Å²) in [4.78, 5) is 4.20. The van der Waals surface area contributed by atoms with E-state index in [2.05, 4.69) is 36.1 Å². The molecule has 0 unspecified atom stereocenters. The Labute approximate surface area is 89.1 Å². The molecule has 78 valence electrons. The van der Waals surface area contributed by atoms with E-state index in [1.165, 1.54) is 5.56 Å². The molecule has 0 N–H and O–H groups in total. The Hall–Kier alpha value is -1.64. The van der Waals surface area contributed by atoms with Crippen LogP contribution in [0, 0.1) is 6.92 Å². The summed E-state index contributed by atoms with van der Waals surface area (Å²) in [6.07, 6.45) is 0. The van der Waals surface area contributed by atoms with Gasteiger partial charge in [0.05, 0.1) is 0 Å². The predicted octanol–water partition coefficient (Wildman–Crippen LogP) is 3.17. The van der Waals surface area contributed by atoms with Gasteiger partial charge in [-0.15, -0.1) is 0 Å². The Balaban J connectivity index is 2.41. The summed E-state index contributed by atoms with van der Waals surface area (Å²) in [7, 11) is 0. The summed E-state index contributed by atoms with van der Waals surface area (Å²) in [5.74, 6) is 1.77. The van der Waals surface area contributed by atoms with Crippen LogP contribution < -0.4 is 0 Å². The molecule has 15 heavy (non-hydrogen) atoms. The van der Waals surface area contributed by atoms with Crippen molar-refractivity contribution in [3.63, 3.8) is 0 Å². The second-order valence-electron chi connectivity index (χ2n) is 3.93. The third-order valence-electron chi connectivity index (χ3n) is 2.33. The van der Waals surface area contributed by atoms with Crippen LogP contribution in [0.3, 0.4) is 0 Å². The Bertz CT molecular complexity index is 460. The molecule has 2 rings (SSSR count). The average Bonchev–Trinajstić information content (AvgIpc) is 2.65. The number of benzene rings is 1. The van der Waals surface area contributed by atoms with E-state index in [0.717, 1.165) is 5.56 Å². The predicted molar refractivity (Wildman–Crippen MR) is 58.6 cm³/mol. The quantitative estimate of drug-likeness (QED) is 0.750. The Kier molecular flexibility index (Phi) is 2.54. The van der Waals surface area contributed by atoms with Crippen LogP contribution >= 0.6 is 0 Å². The first-order valence-corrected chi connectivity index (χ1v) is 5.07. The number of aryl methyl sites for hydroxylation is 1. The van der Waals surface area contributed by atoms with Gasteiger partial charge in [0.2, 0.25) is 0 Å². The Morgan fingerprint density at radius 1 is 1.27 bits per heavy atom. The van der Waals surface area contributed by atoms with Crippen molar-refractivity contribution in [3.05, 3.63) is 35.7 Å². The van der Waals surface area contributed by atoms with Crippen molar-refractivity contribution >= 4 is 0 Å². The molecular weight excluding hydrogens is 188 g/mol. The van der Waals surface area contributed by atoms with E-state index in [4.69, 9.17) is 4.52 Å². The normalized spacial score (nSPS) is 10.9. The number of nitrogens with zero attached hydrogens (tertiary/aromatic N) is 2. The lowest BCUT2D eigenvalue weighted by atomic mass is 10.0. The Morgan fingerprint density at radius 3 is 2.67 bits per heavy atom. The van der Waals surface area contributed by atoms with E-state index in [9.17, 15) is 0 Å². The minimum absolute atomic E-state index is 0.508. The summed E-state index contributed by atoms with van der Waals surface area (Å²) in [6.45, 7) is 6.15. The molecule has 1 aromatic carbocycles. The average molecular weight is 202 g/mol. The smallest absolute Gasteiger partial charge is 0.257 e. The summed E-state index contributed by atoms with van der Waals surface area (Å²) < 4.78 is 5.12. The molecule has 0 spiro atoms. The molecule has 2 aromatic rings. The third kappa shape index (κ3) is 2.06. The van der Waals surface area contributed by atoms with Crippen LogP contribution in [-0.4, -0.2) is 10.1 Å². The van der Waals surface area contributed by atoms with Crippen molar-refractivity contribution in [2.75, 3.05) is 0 Å². The molecule has 0 amide bonds. The lowest BCUT2D eigenvalue weighted by molar-refractivity contribution is 0.425. The molecule has 1 aromatic heterocycles. The first-order valence-electron chi connectivity index (χ1n) is 5.07. The molecule has 0 aliphatic heterocycles. The summed E-state index contributed by atoms with van der Waals surface area (Å²) in [5, 5.41) is 3.78. The Morgan fingerprint density at radius 2 is 2.07 bits per heavy atom. The van der Waals surface area contributed by atoms with E-state index >= 15 is 0 Å². The molecule has 0 bridgehead atoms. The number of hydrogen-bond donors (Lipinski definition) is 0. The topological polar surface area (TPSA) is 38.9 Å². The van der Waals surface area contributed by atoms with Gasteiger partial charge in [0.1, 0.15) is 0 Å². The lowest BCUT2D eigenvalue weighted by Gasteiger charge is -2.05. The van der Waals surface area contributed by atoms with Crippen molar-refractivity contribution < 1.29 is 4.52 Å². The highest BCUT2D eigenvalue weighted by Gasteiger charge is 2.07. The zero-order valence-corrected chi connectivity index (χ0v) is 9.19. The van der Waals surface area contributed by atoms with Crippen LogP contribution in [0.5, 0.6) is 0 Å². The number of rotatable bonds is 2. The maximum absolute atomic E-state index is 5.12. The molecule has 0 aliphatic carbocycles. The van der Waals surface area contributed by atoms with Gasteiger partial charge in [0, 0.05) is 5.56 Å². The second-order valence-corrected chi connectivity index (χ2v) is 3.93. The van der Waals surface area contributed by atoms with Crippen molar-refractivity contribution in [2.24, 2.45) is 0 Å². The van der Waals surface area contributed by atoms with Crippen molar-refractivity contribution in [3.8, 4) is 11.5 Å². The summed E-state index contributed by atoms with van der Waals surface area (Å²) >= 11 is 0. The van der Waals surface area contributed by atoms with Crippen molar-refractivity contribution in [1.29, 1.82) is 0 Å². The minimum atomic E-state index is 0.508. The van der Waals surface area contributed by atoms with Crippen molar-refractivity contribution in [1.82, 2.24) is 10.1 Å². The molecule has 0 atom stereocenters. The molecule has 0 fully saturated rings. The molecule has 0 saturated carbocycles. The molecular formula is C12H14N2O. The van der Waals surface area contributed by atoms with Gasteiger partial charge in [0.25, 0.3) is 5.89 Å². The number of hydrogen-bond acceptors (Lipinski definition) is 3. The van der Waals surface area contributed by atoms with Crippen LogP contribution in [0.4, 0.5) is 0 Å². The highest BCUT2D eigenvalue weighted by molar-refractivity contribution is 5.54. The fourth-order valence-corrected chi connectivity index (χ4v) is 1.45. The van der Waals surface area contributed by atoms with Gasteiger partial charge in [-0.2, -0.15) is 4.98 Å². The molecule has 0 radical (unpaired) electrons. The van der Waals surface area contributed by atoms with Crippen LogP contribution in [0.1, 0.15) is 31.2 Å². The van der Waals surface area contributed by atoms with E-state index in [1.807, 2.05) is 19.1 Å². The highest BCUT2D eigenvalue weighted by atomic mass is 16.5. The zero-order valence-electron chi connectivity index (χ0n) is 9.19. The molecule has 3 nitrogen and oxygen atoms in total. The van der Waals surface area contributed by atoms with Crippen LogP contribution in [0.2, 0.25) is 0 Å². The van der Waals surface area contributed by atoms with Crippen molar-refractivity contribution in [2.45, 2.75) is 26.7 Å². The lowest BCUT2D eigenvalue weighted by Crippen LogP contribution is -1.87. The maximum Gasteiger partial charge on any atom is 0.257 e. The second kappa shape index (κ2) is 3.85. The molecule has 0 aliphatic rings. The van der Waals surface area contributed by atoms with Gasteiger partial charge in [-0.1, -0.05) is 31.1 Å². The van der Waals surface area contributed by atoms with E-state index in [1.54, 1.807) is 0 Å². The van der Waals surface area contributed by atoms with Crippen LogP contribution in [0.25, 0.3) is 11.5 Å². The number of aromatic nitrogens is 2. The van der Waals surface area contributed by atoms with Crippen LogP contribution in [-0.2, 0) is 0 Å². The van der Waals surface area contributed by atoms with Gasteiger partial charge in [-0.3, -0.25) is 0 Å². The van der Waals surface area contributed by atoms with Gasteiger partial charge in [0.15, 0.2) is 5.82 Å². The first kappa shape index (κ1) is 9.90. The first-order chi connectivity index (χ1) is 7.16. The maximum atomic E-state index is 5.12. The molecule has 0 saturated heterocycles. The standard InChI is InChI=1S/C12H14N2O/c1-8(2)10-5-4-6-11(7-10)12-13-9(3)14-15-12/h4-8H,1-3H3. The van der Waals surface area contributed by atoms with Gasteiger partial charge >= 0.3 is 0 Å². The van der Waals surface area contributed by atoms with Crippen LogP contribution in [0.15, 0.2) is 28.8 Å². The highest BCUT2D eigenvalue weighted by Crippen LogP contribution is 2.22. The molecule has 1 heterocycles. The zero-order chi connectivity index (χ0) is 10.8. The van der Waals surface area contributed by atoms with E-state index < -0.39 is 0 Å². The monoisotopic (exact) mass is 202 g/mol. The third-order valence-corrected chi connectivity index (χ3v) is 2.33. The SMILES string of the molecule is Cc1noc(-c2cccc(C(C)C)c2)n1. The largest absolute Gasteiger partial charge is 0.334 e. The van der Waals surface area contributed by atoms with E-state index in [0.29, 0.717) is 17.6 Å².